The molecule has 4 nitrogen and oxygen atoms in total. The average Bonchev–Trinajstić information content (AvgIpc) is 3.06. The number of nitrogens with one attached hydrogen (secondary N) is 1. The first kappa shape index (κ1) is 13.1. The first-order valence-electron chi connectivity index (χ1n) is 7.67. The van der Waals surface area contributed by atoms with Crippen LogP contribution in [0.1, 0.15) is 43.5 Å². The van der Waals surface area contributed by atoms with Gasteiger partial charge < -0.3 is 5.32 Å². The van der Waals surface area contributed by atoms with Gasteiger partial charge in [-0.05, 0) is 51.7 Å². The van der Waals surface area contributed by atoms with Crippen molar-refractivity contribution in [2.24, 2.45) is 13.0 Å². The summed E-state index contributed by atoms with van der Waals surface area (Å²) in [5, 5.41) is 8.03. The quantitative estimate of drug-likeness (QED) is 0.877. The molecule has 3 rings (SSSR count). The molecule has 1 saturated carbocycles. The van der Waals surface area contributed by atoms with Gasteiger partial charge in [0, 0.05) is 30.9 Å². The maximum Gasteiger partial charge on any atom is 0.0669 e. The molecule has 1 aliphatic heterocycles. The zero-order valence-corrected chi connectivity index (χ0v) is 12.4. The van der Waals surface area contributed by atoms with Crippen molar-refractivity contribution in [3.05, 3.63) is 17.5 Å². The Balaban J connectivity index is 1.91. The number of aromatic nitrogens is 2. The molecule has 2 atom stereocenters. The van der Waals surface area contributed by atoms with Gasteiger partial charge in [-0.2, -0.15) is 5.10 Å². The van der Waals surface area contributed by atoms with Crippen molar-refractivity contribution in [2.75, 3.05) is 20.1 Å². The van der Waals surface area contributed by atoms with Crippen LogP contribution in [0.2, 0.25) is 0 Å². The molecule has 0 bridgehead atoms. The Morgan fingerprint density at radius 3 is 2.79 bits per heavy atom. The SMILES string of the molecule is CCc1nn(C)cc1C1C(CNC)CCN1C1CC1. The van der Waals surface area contributed by atoms with E-state index < -0.39 is 0 Å². The Morgan fingerprint density at radius 1 is 1.37 bits per heavy atom. The Kier molecular flexibility index (Phi) is 3.63. The maximum absolute atomic E-state index is 4.65. The fourth-order valence-corrected chi connectivity index (χ4v) is 3.68. The number of hydrogen-bond donors (Lipinski definition) is 1. The van der Waals surface area contributed by atoms with Crippen LogP contribution in [0.25, 0.3) is 0 Å². The summed E-state index contributed by atoms with van der Waals surface area (Å²) in [6.45, 7) is 4.60. The Bertz CT molecular complexity index is 435. The summed E-state index contributed by atoms with van der Waals surface area (Å²) in [6.07, 6.45) is 7.40. The highest BCUT2D eigenvalue weighted by molar-refractivity contribution is 5.25. The van der Waals surface area contributed by atoms with E-state index >= 15 is 0 Å². The van der Waals surface area contributed by atoms with Gasteiger partial charge >= 0.3 is 0 Å². The molecule has 1 N–H and O–H groups in total. The van der Waals surface area contributed by atoms with Gasteiger partial charge in [-0.15, -0.1) is 0 Å². The van der Waals surface area contributed by atoms with E-state index in [1.54, 1.807) is 0 Å². The number of aryl methyl sites for hydroxylation is 2. The topological polar surface area (TPSA) is 33.1 Å². The summed E-state index contributed by atoms with van der Waals surface area (Å²) in [4.78, 5) is 2.75. The van der Waals surface area contributed by atoms with Crippen molar-refractivity contribution in [1.82, 2.24) is 20.0 Å². The summed E-state index contributed by atoms with van der Waals surface area (Å²) >= 11 is 0. The van der Waals surface area contributed by atoms with E-state index in [9.17, 15) is 0 Å². The summed E-state index contributed by atoms with van der Waals surface area (Å²) in [6, 6.07) is 1.43. The molecule has 19 heavy (non-hydrogen) atoms. The van der Waals surface area contributed by atoms with Crippen LogP contribution in [0.15, 0.2) is 6.20 Å². The minimum absolute atomic E-state index is 0.587. The van der Waals surface area contributed by atoms with Gasteiger partial charge in [0.1, 0.15) is 0 Å². The van der Waals surface area contributed by atoms with Gasteiger partial charge in [-0.3, -0.25) is 9.58 Å². The fraction of sp³-hybridized carbons (Fsp3) is 0.800. The lowest BCUT2D eigenvalue weighted by atomic mass is 9.93. The van der Waals surface area contributed by atoms with Crippen LogP contribution < -0.4 is 5.32 Å². The van der Waals surface area contributed by atoms with Crippen LogP contribution in [0.4, 0.5) is 0 Å². The van der Waals surface area contributed by atoms with E-state index in [-0.39, 0.29) is 0 Å². The number of rotatable bonds is 5. The second kappa shape index (κ2) is 5.25. The zero-order chi connectivity index (χ0) is 13.4. The maximum atomic E-state index is 4.65. The third kappa shape index (κ3) is 2.43. The Hall–Kier alpha value is -0.870. The molecule has 2 heterocycles. The van der Waals surface area contributed by atoms with Gasteiger partial charge in [0.05, 0.1) is 5.69 Å². The number of likely N-dealkylation sites (tertiary alicyclic amines) is 1. The first-order chi connectivity index (χ1) is 9.24. The van der Waals surface area contributed by atoms with Gasteiger partial charge in [-0.25, -0.2) is 0 Å². The predicted molar refractivity (Wildman–Crippen MR) is 77.1 cm³/mol. The van der Waals surface area contributed by atoms with Crippen molar-refractivity contribution in [3.8, 4) is 0 Å². The molecule has 2 fully saturated rings. The number of hydrogen-bond acceptors (Lipinski definition) is 3. The summed E-state index contributed by atoms with van der Waals surface area (Å²) in [7, 11) is 4.12. The van der Waals surface area contributed by atoms with Crippen molar-refractivity contribution in [2.45, 2.75) is 44.7 Å². The zero-order valence-electron chi connectivity index (χ0n) is 12.4. The van der Waals surface area contributed by atoms with E-state index in [0.717, 1.165) is 24.9 Å². The van der Waals surface area contributed by atoms with Crippen LogP contribution in [-0.4, -0.2) is 40.9 Å². The second-order valence-electron chi connectivity index (χ2n) is 6.08. The Labute approximate surface area is 116 Å². The first-order valence-corrected chi connectivity index (χ1v) is 7.67. The molecule has 4 heteroatoms. The lowest BCUT2D eigenvalue weighted by Gasteiger charge is -2.28. The molecule has 2 aliphatic rings. The normalized spacial score (nSPS) is 28.2. The molecule has 1 aromatic rings. The average molecular weight is 262 g/mol. The molecular weight excluding hydrogens is 236 g/mol. The molecule has 0 aromatic carbocycles. The molecule has 0 amide bonds. The fourth-order valence-electron chi connectivity index (χ4n) is 3.68. The lowest BCUT2D eigenvalue weighted by Crippen LogP contribution is -2.31. The molecular formula is C15H26N4. The molecule has 0 radical (unpaired) electrons. The van der Waals surface area contributed by atoms with Gasteiger partial charge in [-0.1, -0.05) is 6.92 Å². The van der Waals surface area contributed by atoms with Crippen LogP contribution in [0.3, 0.4) is 0 Å². The van der Waals surface area contributed by atoms with Crippen LogP contribution >= 0.6 is 0 Å². The van der Waals surface area contributed by atoms with E-state index in [1.165, 1.54) is 37.1 Å². The van der Waals surface area contributed by atoms with Crippen LogP contribution in [0, 0.1) is 5.92 Å². The molecule has 2 unspecified atom stereocenters. The third-order valence-electron chi connectivity index (χ3n) is 4.64. The highest BCUT2D eigenvalue weighted by atomic mass is 15.3. The minimum Gasteiger partial charge on any atom is -0.319 e. The van der Waals surface area contributed by atoms with Crippen molar-refractivity contribution < 1.29 is 0 Å². The third-order valence-corrected chi connectivity index (χ3v) is 4.64. The minimum atomic E-state index is 0.587. The van der Waals surface area contributed by atoms with Crippen LogP contribution in [0.5, 0.6) is 0 Å². The van der Waals surface area contributed by atoms with E-state index in [0.29, 0.717) is 6.04 Å². The van der Waals surface area contributed by atoms with Crippen LogP contribution in [-0.2, 0) is 13.5 Å². The lowest BCUT2D eigenvalue weighted by molar-refractivity contribution is 0.216. The van der Waals surface area contributed by atoms with Crippen molar-refractivity contribution in [1.29, 1.82) is 0 Å². The summed E-state index contributed by atoms with van der Waals surface area (Å²) in [5.74, 6) is 0.736. The van der Waals surface area contributed by atoms with Gasteiger partial charge in [0.2, 0.25) is 0 Å². The summed E-state index contributed by atoms with van der Waals surface area (Å²) < 4.78 is 1.99. The van der Waals surface area contributed by atoms with E-state index in [4.69, 9.17) is 0 Å². The molecule has 1 saturated heterocycles. The molecule has 0 spiro atoms. The van der Waals surface area contributed by atoms with Crippen molar-refractivity contribution in [3.63, 3.8) is 0 Å². The summed E-state index contributed by atoms with van der Waals surface area (Å²) in [5.41, 5.74) is 2.77. The largest absolute Gasteiger partial charge is 0.319 e. The van der Waals surface area contributed by atoms with Gasteiger partial charge in [0.25, 0.3) is 0 Å². The van der Waals surface area contributed by atoms with Crippen molar-refractivity contribution >= 4 is 0 Å². The van der Waals surface area contributed by atoms with Gasteiger partial charge in [0.15, 0.2) is 0 Å². The highest BCUT2D eigenvalue weighted by Crippen LogP contribution is 2.44. The molecule has 106 valence electrons. The second-order valence-corrected chi connectivity index (χ2v) is 6.08. The van der Waals surface area contributed by atoms with E-state index in [2.05, 4.69) is 35.5 Å². The smallest absolute Gasteiger partial charge is 0.0669 e. The number of nitrogens with zero attached hydrogens (tertiary/aromatic N) is 3. The highest BCUT2D eigenvalue weighted by Gasteiger charge is 2.43. The Morgan fingerprint density at radius 2 is 2.16 bits per heavy atom. The molecule has 1 aliphatic carbocycles. The monoisotopic (exact) mass is 262 g/mol. The standard InChI is InChI=1S/C15H26N4/c1-4-14-13(10-18(3)17-14)15-11(9-16-2)7-8-19(15)12-5-6-12/h10-12,15-16H,4-9H2,1-3H3. The predicted octanol–water partition coefficient (Wildman–Crippen LogP) is 1.73. The molecule has 1 aromatic heterocycles. The van der Waals surface area contributed by atoms with E-state index in [1.807, 2.05) is 11.7 Å².